The minimum Gasteiger partial charge on any atom is -0.480 e. The van der Waals surface area contributed by atoms with E-state index in [-0.39, 0.29) is 18.7 Å². The molecule has 1 aliphatic rings. The van der Waals surface area contributed by atoms with Crippen LogP contribution in [-0.4, -0.2) is 44.0 Å². The smallest absolute Gasteiger partial charge is 0.320 e. The zero-order valence-electron chi connectivity index (χ0n) is 9.95. The monoisotopic (exact) mass is 252 g/mol. The number of aromatic nitrogens is 2. The van der Waals surface area contributed by atoms with Gasteiger partial charge in [-0.05, 0) is 6.42 Å². The number of nitrogens with zero attached hydrogens (tertiary/aromatic N) is 3. The Bertz CT molecular complexity index is 457. The third-order valence-electron chi connectivity index (χ3n) is 3.08. The van der Waals surface area contributed by atoms with E-state index in [0.717, 1.165) is 12.4 Å². The van der Waals surface area contributed by atoms with E-state index in [1.165, 1.54) is 0 Å². The summed E-state index contributed by atoms with van der Waals surface area (Å²) in [5.74, 6) is -0.282. The van der Waals surface area contributed by atoms with Crippen molar-refractivity contribution in [2.75, 3.05) is 6.54 Å². The van der Waals surface area contributed by atoms with E-state index < -0.39 is 12.0 Å². The summed E-state index contributed by atoms with van der Waals surface area (Å²) in [6.45, 7) is 1.84. The number of hydrogen-bond donors (Lipinski definition) is 2. The predicted octanol–water partition coefficient (Wildman–Crippen LogP) is -0.583. The fourth-order valence-electron chi connectivity index (χ4n) is 1.95. The van der Waals surface area contributed by atoms with Gasteiger partial charge in [-0.3, -0.25) is 9.59 Å². The van der Waals surface area contributed by atoms with Gasteiger partial charge in [-0.25, -0.2) is 4.98 Å². The number of hydrogen-bond acceptors (Lipinski definition) is 4. The zero-order chi connectivity index (χ0) is 13.1. The number of carboxylic acids is 1. The lowest BCUT2D eigenvalue weighted by atomic mass is 10.1. The number of imidazole rings is 1. The van der Waals surface area contributed by atoms with Crippen LogP contribution in [0.5, 0.6) is 0 Å². The normalized spacial score (nSPS) is 16.2. The Morgan fingerprint density at radius 2 is 2.28 bits per heavy atom. The molecule has 7 heteroatoms. The fourth-order valence-corrected chi connectivity index (χ4v) is 1.95. The molecule has 2 heterocycles. The van der Waals surface area contributed by atoms with Crippen molar-refractivity contribution >= 4 is 11.9 Å². The van der Waals surface area contributed by atoms with E-state index in [0.29, 0.717) is 13.1 Å². The zero-order valence-corrected chi connectivity index (χ0v) is 9.95. The van der Waals surface area contributed by atoms with Gasteiger partial charge in [0.2, 0.25) is 5.91 Å². The number of carbonyl (C=O) groups is 2. The van der Waals surface area contributed by atoms with Gasteiger partial charge in [0.05, 0.1) is 6.54 Å². The van der Waals surface area contributed by atoms with Crippen molar-refractivity contribution in [3.63, 3.8) is 0 Å². The van der Waals surface area contributed by atoms with Crippen molar-refractivity contribution in [1.82, 2.24) is 14.5 Å². The Hall–Kier alpha value is -1.89. The van der Waals surface area contributed by atoms with Crippen molar-refractivity contribution < 1.29 is 14.7 Å². The average molecular weight is 252 g/mol. The molecule has 0 radical (unpaired) electrons. The largest absolute Gasteiger partial charge is 0.480 e. The van der Waals surface area contributed by atoms with Crippen LogP contribution in [0.25, 0.3) is 0 Å². The maximum Gasteiger partial charge on any atom is 0.320 e. The van der Waals surface area contributed by atoms with Gasteiger partial charge in [-0.2, -0.15) is 0 Å². The predicted molar refractivity (Wildman–Crippen MR) is 62.5 cm³/mol. The van der Waals surface area contributed by atoms with Gasteiger partial charge in [0, 0.05) is 31.9 Å². The van der Waals surface area contributed by atoms with Crippen LogP contribution in [0.4, 0.5) is 0 Å². The molecule has 7 nitrogen and oxygen atoms in total. The van der Waals surface area contributed by atoms with Crippen LogP contribution in [-0.2, 0) is 22.7 Å². The summed E-state index contributed by atoms with van der Waals surface area (Å²) in [6.07, 6.45) is 3.93. The van der Waals surface area contributed by atoms with Gasteiger partial charge in [-0.15, -0.1) is 0 Å². The first-order valence-electron chi connectivity index (χ1n) is 5.84. The molecule has 1 amide bonds. The van der Waals surface area contributed by atoms with Crippen LogP contribution in [0.15, 0.2) is 12.4 Å². The number of amides is 1. The Morgan fingerprint density at radius 3 is 3.00 bits per heavy atom. The second-order valence-electron chi connectivity index (χ2n) is 4.34. The second kappa shape index (κ2) is 5.18. The molecule has 0 spiro atoms. The molecule has 18 heavy (non-hydrogen) atoms. The summed E-state index contributed by atoms with van der Waals surface area (Å²) < 4.78 is 2.01. The molecule has 2 rings (SSSR count). The van der Waals surface area contributed by atoms with Crippen LogP contribution in [0.2, 0.25) is 0 Å². The molecule has 0 saturated heterocycles. The molecule has 1 aromatic rings. The highest BCUT2D eigenvalue weighted by Crippen LogP contribution is 2.12. The van der Waals surface area contributed by atoms with E-state index >= 15 is 0 Å². The lowest BCUT2D eigenvalue weighted by Crippen LogP contribution is -2.39. The molecular formula is C11H16N4O3. The number of fused-ring (bicyclic) bond motifs is 1. The lowest BCUT2D eigenvalue weighted by Gasteiger charge is -2.27. The van der Waals surface area contributed by atoms with Crippen LogP contribution in [0, 0.1) is 0 Å². The topological polar surface area (TPSA) is 101 Å². The molecule has 0 fully saturated rings. The van der Waals surface area contributed by atoms with E-state index in [2.05, 4.69) is 4.98 Å². The van der Waals surface area contributed by atoms with Gasteiger partial charge >= 0.3 is 5.97 Å². The first-order valence-corrected chi connectivity index (χ1v) is 5.84. The van der Waals surface area contributed by atoms with Crippen LogP contribution in [0.3, 0.4) is 0 Å². The first kappa shape index (κ1) is 12.6. The SMILES string of the molecule is N[C@@H](CCC(=O)N1CCn2ccnc2C1)C(=O)O. The van der Waals surface area contributed by atoms with Gasteiger partial charge in [-0.1, -0.05) is 0 Å². The summed E-state index contributed by atoms with van der Waals surface area (Å²) in [5, 5.41) is 8.64. The van der Waals surface area contributed by atoms with E-state index in [9.17, 15) is 9.59 Å². The number of aliphatic carboxylic acids is 1. The molecule has 1 aliphatic heterocycles. The van der Waals surface area contributed by atoms with Crippen LogP contribution in [0.1, 0.15) is 18.7 Å². The summed E-state index contributed by atoms with van der Waals surface area (Å²) in [7, 11) is 0. The van der Waals surface area contributed by atoms with Crippen molar-refractivity contribution in [3.05, 3.63) is 18.2 Å². The van der Waals surface area contributed by atoms with Crippen LogP contribution >= 0.6 is 0 Å². The molecule has 1 aromatic heterocycles. The molecule has 0 bridgehead atoms. The molecule has 0 aromatic carbocycles. The Balaban J connectivity index is 1.86. The third-order valence-corrected chi connectivity index (χ3v) is 3.08. The Kier molecular flexibility index (Phi) is 3.61. The molecule has 98 valence electrons. The summed E-state index contributed by atoms with van der Waals surface area (Å²) in [4.78, 5) is 28.3. The molecule has 0 saturated carbocycles. The molecule has 3 N–H and O–H groups in total. The summed E-state index contributed by atoms with van der Waals surface area (Å²) >= 11 is 0. The highest BCUT2D eigenvalue weighted by atomic mass is 16.4. The van der Waals surface area contributed by atoms with Gasteiger partial charge in [0.1, 0.15) is 11.9 Å². The van der Waals surface area contributed by atoms with Gasteiger partial charge < -0.3 is 20.3 Å². The van der Waals surface area contributed by atoms with Gasteiger partial charge in [0.15, 0.2) is 0 Å². The molecule has 1 atom stereocenters. The Labute approximate surface area is 104 Å². The summed E-state index contributed by atoms with van der Waals surface area (Å²) in [5.41, 5.74) is 5.37. The third kappa shape index (κ3) is 2.67. The molecular weight excluding hydrogens is 236 g/mol. The van der Waals surface area contributed by atoms with Crippen molar-refractivity contribution in [3.8, 4) is 0 Å². The van der Waals surface area contributed by atoms with Crippen molar-refractivity contribution in [2.24, 2.45) is 5.73 Å². The fraction of sp³-hybridized carbons (Fsp3) is 0.545. The lowest BCUT2D eigenvalue weighted by molar-refractivity contribution is -0.139. The minimum atomic E-state index is -1.07. The maximum atomic E-state index is 11.9. The molecule has 0 unspecified atom stereocenters. The number of nitrogens with two attached hydrogens (primary N) is 1. The maximum absolute atomic E-state index is 11.9. The average Bonchev–Trinajstić information content (AvgIpc) is 2.82. The Morgan fingerprint density at radius 1 is 1.50 bits per heavy atom. The summed E-state index contributed by atoms with van der Waals surface area (Å²) in [6, 6.07) is -0.972. The van der Waals surface area contributed by atoms with E-state index in [1.807, 2.05) is 10.8 Å². The van der Waals surface area contributed by atoms with Crippen molar-refractivity contribution in [1.29, 1.82) is 0 Å². The second-order valence-corrected chi connectivity index (χ2v) is 4.34. The molecule has 0 aliphatic carbocycles. The quantitative estimate of drug-likeness (QED) is 0.746. The standard InChI is InChI=1S/C11H16N4O3/c12-8(11(17)18)1-2-10(16)15-6-5-14-4-3-13-9(14)7-15/h3-4,8H,1-2,5-7,12H2,(H,17,18)/t8-/m0/s1. The van der Waals surface area contributed by atoms with Gasteiger partial charge in [0.25, 0.3) is 0 Å². The van der Waals surface area contributed by atoms with Crippen molar-refractivity contribution in [2.45, 2.75) is 32.0 Å². The van der Waals surface area contributed by atoms with Crippen LogP contribution < -0.4 is 5.73 Å². The number of carboxylic acid groups (broad SMARTS) is 1. The highest BCUT2D eigenvalue weighted by molar-refractivity contribution is 5.78. The number of carbonyl (C=O) groups excluding carboxylic acids is 1. The van der Waals surface area contributed by atoms with E-state index in [1.54, 1.807) is 11.1 Å². The van der Waals surface area contributed by atoms with E-state index in [4.69, 9.17) is 10.8 Å². The number of rotatable bonds is 4. The minimum absolute atomic E-state index is 0.0686. The first-order chi connectivity index (χ1) is 8.58. The highest BCUT2D eigenvalue weighted by Gasteiger charge is 2.22.